The van der Waals surface area contributed by atoms with Crippen molar-refractivity contribution in [2.75, 3.05) is 40.0 Å². The van der Waals surface area contributed by atoms with Crippen molar-refractivity contribution in [2.24, 2.45) is 0 Å². The SMILES string of the molecule is COCCCOC1CN(C(=O)[C@@H]2CCCN2C(=O)c2ccc([N+](=O)[O-])c(C)c2)C1. The first kappa shape index (κ1) is 21.2. The summed E-state index contributed by atoms with van der Waals surface area (Å²) >= 11 is 0. The van der Waals surface area contributed by atoms with Gasteiger partial charge in [-0.05, 0) is 38.3 Å². The molecule has 29 heavy (non-hydrogen) atoms. The van der Waals surface area contributed by atoms with Gasteiger partial charge in [0.25, 0.3) is 11.6 Å². The van der Waals surface area contributed by atoms with Gasteiger partial charge in [-0.1, -0.05) is 0 Å². The predicted molar refractivity (Wildman–Crippen MR) is 105 cm³/mol. The van der Waals surface area contributed by atoms with Crippen molar-refractivity contribution < 1.29 is 24.0 Å². The molecule has 2 aliphatic rings. The molecule has 0 bridgehead atoms. The van der Waals surface area contributed by atoms with Crippen LogP contribution >= 0.6 is 0 Å². The van der Waals surface area contributed by atoms with Gasteiger partial charge < -0.3 is 19.3 Å². The van der Waals surface area contributed by atoms with E-state index in [1.54, 1.807) is 23.8 Å². The Morgan fingerprint density at radius 2 is 2.03 bits per heavy atom. The maximum Gasteiger partial charge on any atom is 0.272 e. The fourth-order valence-corrected chi connectivity index (χ4v) is 3.81. The second-order valence-electron chi connectivity index (χ2n) is 7.50. The van der Waals surface area contributed by atoms with E-state index < -0.39 is 11.0 Å². The Morgan fingerprint density at radius 3 is 2.69 bits per heavy atom. The highest BCUT2D eigenvalue weighted by Gasteiger charge is 2.41. The van der Waals surface area contributed by atoms with E-state index in [-0.39, 0.29) is 23.6 Å². The molecule has 0 N–H and O–H groups in total. The van der Waals surface area contributed by atoms with Crippen molar-refractivity contribution >= 4 is 17.5 Å². The van der Waals surface area contributed by atoms with Crippen molar-refractivity contribution in [1.82, 2.24) is 9.80 Å². The molecular formula is C20H27N3O6. The third kappa shape index (κ3) is 4.73. The Balaban J connectivity index is 1.57. The first-order valence-corrected chi connectivity index (χ1v) is 9.87. The van der Waals surface area contributed by atoms with Gasteiger partial charge in [-0.3, -0.25) is 19.7 Å². The summed E-state index contributed by atoms with van der Waals surface area (Å²) < 4.78 is 10.7. The molecule has 1 aromatic carbocycles. The standard InChI is InChI=1S/C20H27N3O6/c1-14-11-15(6-7-17(14)23(26)27)19(24)22-8-3-5-18(22)20(25)21-12-16(13-21)29-10-4-9-28-2/h6-7,11,16,18H,3-5,8-10,12-13H2,1-2H3/t18-/m0/s1. The molecule has 0 spiro atoms. The number of carbonyl (C=O) groups excluding carboxylic acids is 2. The maximum atomic E-state index is 12.9. The minimum atomic E-state index is -0.479. The molecular weight excluding hydrogens is 378 g/mol. The number of hydrogen-bond acceptors (Lipinski definition) is 6. The molecule has 3 rings (SSSR count). The molecule has 158 valence electrons. The van der Waals surface area contributed by atoms with Gasteiger partial charge in [0.1, 0.15) is 6.04 Å². The lowest BCUT2D eigenvalue weighted by Crippen LogP contribution is -2.59. The van der Waals surface area contributed by atoms with Crippen LogP contribution in [0.5, 0.6) is 0 Å². The second kappa shape index (κ2) is 9.32. The van der Waals surface area contributed by atoms with E-state index in [0.717, 1.165) is 12.8 Å². The second-order valence-corrected chi connectivity index (χ2v) is 7.50. The molecule has 0 saturated carbocycles. The van der Waals surface area contributed by atoms with E-state index in [9.17, 15) is 19.7 Å². The number of nitro groups is 1. The summed E-state index contributed by atoms with van der Waals surface area (Å²) in [6, 6.07) is 3.85. The fraction of sp³-hybridized carbons (Fsp3) is 0.600. The van der Waals surface area contributed by atoms with Crippen molar-refractivity contribution in [1.29, 1.82) is 0 Å². The number of hydrogen-bond donors (Lipinski definition) is 0. The lowest BCUT2D eigenvalue weighted by atomic mass is 10.1. The molecule has 9 heteroatoms. The molecule has 1 aromatic rings. The van der Waals surface area contributed by atoms with E-state index in [4.69, 9.17) is 9.47 Å². The predicted octanol–water partition coefficient (Wildman–Crippen LogP) is 1.77. The Hall–Kier alpha value is -2.52. The molecule has 0 aromatic heterocycles. The first-order valence-electron chi connectivity index (χ1n) is 9.87. The Morgan fingerprint density at radius 1 is 1.28 bits per heavy atom. The minimum absolute atomic E-state index is 0.0206. The molecule has 2 heterocycles. The summed E-state index contributed by atoms with van der Waals surface area (Å²) in [5.74, 6) is -0.307. The van der Waals surface area contributed by atoms with Crippen LogP contribution in [-0.2, 0) is 14.3 Å². The first-order chi connectivity index (χ1) is 13.9. The van der Waals surface area contributed by atoms with Crippen LogP contribution in [0, 0.1) is 17.0 Å². The number of benzene rings is 1. The van der Waals surface area contributed by atoms with Gasteiger partial charge in [-0.15, -0.1) is 0 Å². The number of rotatable bonds is 8. The zero-order valence-electron chi connectivity index (χ0n) is 16.8. The zero-order valence-corrected chi connectivity index (χ0v) is 16.8. The number of likely N-dealkylation sites (tertiary alicyclic amines) is 2. The summed E-state index contributed by atoms with van der Waals surface area (Å²) in [5, 5.41) is 11.0. The summed E-state index contributed by atoms with van der Waals surface area (Å²) in [6.45, 7) is 4.46. The molecule has 2 amide bonds. The maximum absolute atomic E-state index is 12.9. The van der Waals surface area contributed by atoms with Crippen LogP contribution < -0.4 is 0 Å². The van der Waals surface area contributed by atoms with E-state index in [1.807, 2.05) is 0 Å². The van der Waals surface area contributed by atoms with E-state index in [1.165, 1.54) is 18.2 Å². The van der Waals surface area contributed by atoms with Crippen molar-refractivity contribution in [2.45, 2.75) is 38.3 Å². The van der Waals surface area contributed by atoms with E-state index in [0.29, 0.717) is 50.4 Å². The lowest BCUT2D eigenvalue weighted by molar-refractivity contribution is -0.385. The van der Waals surface area contributed by atoms with E-state index >= 15 is 0 Å². The normalized spacial score (nSPS) is 19.3. The zero-order chi connectivity index (χ0) is 21.0. The van der Waals surface area contributed by atoms with Crippen LogP contribution in [0.4, 0.5) is 5.69 Å². The third-order valence-electron chi connectivity index (χ3n) is 5.45. The van der Waals surface area contributed by atoms with Crippen LogP contribution in [0.2, 0.25) is 0 Å². The van der Waals surface area contributed by atoms with Gasteiger partial charge in [0.05, 0.1) is 11.0 Å². The van der Waals surface area contributed by atoms with Crippen LogP contribution in [0.15, 0.2) is 18.2 Å². The Kier molecular flexibility index (Phi) is 6.81. The van der Waals surface area contributed by atoms with Crippen LogP contribution in [-0.4, -0.2) is 78.6 Å². The van der Waals surface area contributed by atoms with Crippen molar-refractivity contribution in [3.05, 3.63) is 39.4 Å². The molecule has 0 unspecified atom stereocenters. The summed E-state index contributed by atoms with van der Waals surface area (Å²) in [4.78, 5) is 39.7. The average molecular weight is 405 g/mol. The van der Waals surface area contributed by atoms with Gasteiger partial charge in [0, 0.05) is 57.2 Å². The molecule has 1 atom stereocenters. The summed E-state index contributed by atoms with van der Waals surface area (Å²) in [6.07, 6.45) is 2.25. The highest BCUT2D eigenvalue weighted by molar-refractivity contribution is 5.98. The fourth-order valence-electron chi connectivity index (χ4n) is 3.81. The number of aryl methyl sites for hydroxylation is 1. The van der Waals surface area contributed by atoms with Crippen molar-refractivity contribution in [3.63, 3.8) is 0 Å². The lowest BCUT2D eigenvalue weighted by Gasteiger charge is -2.41. The van der Waals surface area contributed by atoms with Crippen LogP contribution in [0.1, 0.15) is 35.2 Å². The van der Waals surface area contributed by atoms with Crippen LogP contribution in [0.25, 0.3) is 0 Å². The quantitative estimate of drug-likeness (QED) is 0.371. The van der Waals surface area contributed by atoms with Gasteiger partial charge in [0.2, 0.25) is 5.91 Å². The monoisotopic (exact) mass is 405 g/mol. The smallest absolute Gasteiger partial charge is 0.272 e. The van der Waals surface area contributed by atoms with Crippen molar-refractivity contribution in [3.8, 4) is 0 Å². The highest BCUT2D eigenvalue weighted by Crippen LogP contribution is 2.26. The van der Waals surface area contributed by atoms with Gasteiger partial charge in [-0.2, -0.15) is 0 Å². The van der Waals surface area contributed by atoms with E-state index in [2.05, 4.69) is 0 Å². The minimum Gasteiger partial charge on any atom is -0.385 e. The number of methoxy groups -OCH3 is 1. The third-order valence-corrected chi connectivity index (χ3v) is 5.45. The average Bonchev–Trinajstić information content (AvgIpc) is 3.14. The Labute approximate surface area is 169 Å². The number of amides is 2. The molecule has 0 aliphatic carbocycles. The summed E-state index contributed by atoms with van der Waals surface area (Å²) in [5.41, 5.74) is 0.780. The molecule has 0 radical (unpaired) electrons. The van der Waals surface area contributed by atoms with Crippen LogP contribution in [0.3, 0.4) is 0 Å². The largest absolute Gasteiger partial charge is 0.385 e. The molecule has 2 saturated heterocycles. The molecule has 9 nitrogen and oxygen atoms in total. The number of carbonyl (C=O) groups is 2. The topological polar surface area (TPSA) is 102 Å². The highest BCUT2D eigenvalue weighted by atomic mass is 16.6. The summed E-state index contributed by atoms with van der Waals surface area (Å²) in [7, 11) is 1.65. The van der Waals surface area contributed by atoms with Gasteiger partial charge >= 0.3 is 0 Å². The number of ether oxygens (including phenoxy) is 2. The number of nitrogens with zero attached hydrogens (tertiary/aromatic N) is 3. The number of nitro benzene ring substituents is 1. The van der Waals surface area contributed by atoms with Gasteiger partial charge in [0.15, 0.2) is 0 Å². The Bertz CT molecular complexity index is 777. The molecule has 2 fully saturated rings. The molecule has 2 aliphatic heterocycles. The van der Waals surface area contributed by atoms with Gasteiger partial charge in [-0.25, -0.2) is 0 Å².